The predicted molar refractivity (Wildman–Crippen MR) is 99.4 cm³/mol. The summed E-state index contributed by atoms with van der Waals surface area (Å²) in [6, 6.07) is 6.72. The summed E-state index contributed by atoms with van der Waals surface area (Å²) < 4.78 is 16.5. The van der Waals surface area contributed by atoms with Crippen LogP contribution in [0.1, 0.15) is 17.2 Å². The molecule has 4 rings (SSSR count). The van der Waals surface area contributed by atoms with Crippen molar-refractivity contribution in [1.29, 1.82) is 0 Å². The van der Waals surface area contributed by atoms with Gasteiger partial charge in [0.25, 0.3) is 0 Å². The normalized spacial score (nSPS) is 30.5. The average molecular weight is 422 g/mol. The molecule has 0 aliphatic carbocycles. The molecule has 0 aromatic heterocycles. The first-order chi connectivity index (χ1) is 14.2. The molecule has 10 heteroatoms. The van der Waals surface area contributed by atoms with Gasteiger partial charge in [-0.05, 0) is 17.7 Å². The maximum atomic E-state index is 10.5. The van der Waals surface area contributed by atoms with E-state index in [9.17, 15) is 35.7 Å². The Morgan fingerprint density at radius 2 is 1.80 bits per heavy atom. The van der Waals surface area contributed by atoms with Crippen LogP contribution in [0.15, 0.2) is 30.3 Å². The van der Waals surface area contributed by atoms with E-state index in [2.05, 4.69) is 0 Å². The number of hydrogen-bond acceptors (Lipinski definition) is 10. The average Bonchev–Trinajstić information content (AvgIpc) is 2.99. The molecule has 1 fully saturated rings. The molecule has 10 nitrogen and oxygen atoms in total. The number of phenolic OH excluding ortho intramolecular Hbond substituents is 3. The fraction of sp³-hybridized carbons (Fsp3) is 0.400. The second-order valence-corrected chi connectivity index (χ2v) is 7.48. The van der Waals surface area contributed by atoms with Crippen LogP contribution in [0.3, 0.4) is 0 Å². The summed E-state index contributed by atoms with van der Waals surface area (Å²) in [6.45, 7) is -1.05. The minimum Gasteiger partial charge on any atom is -0.507 e. The fourth-order valence-electron chi connectivity index (χ4n) is 3.55. The maximum Gasteiger partial charge on any atom is 0.229 e. The smallest absolute Gasteiger partial charge is 0.229 e. The molecule has 5 atom stereocenters. The molecule has 0 radical (unpaired) electrons. The van der Waals surface area contributed by atoms with Gasteiger partial charge in [-0.3, -0.25) is 0 Å². The van der Waals surface area contributed by atoms with Gasteiger partial charge in [-0.1, -0.05) is 6.07 Å². The van der Waals surface area contributed by atoms with E-state index in [1.54, 1.807) is 0 Å². The SMILES string of the molecule is OC[C@@]1(O)COC(Oc2cc(O)c3c(c2)O[C@H](c2ccc(O)c(O)c2)[C@@H](O)C3)[C@@H]1O. The number of hydrogen-bond donors (Lipinski definition) is 7. The molecule has 1 saturated heterocycles. The molecule has 7 N–H and O–H groups in total. The van der Waals surface area contributed by atoms with Crippen molar-refractivity contribution in [3.63, 3.8) is 0 Å². The molecule has 2 aromatic carbocycles. The Balaban J connectivity index is 1.59. The monoisotopic (exact) mass is 422 g/mol. The van der Waals surface area contributed by atoms with Crippen molar-refractivity contribution in [2.75, 3.05) is 13.2 Å². The molecule has 2 heterocycles. The molecule has 0 spiro atoms. The van der Waals surface area contributed by atoms with E-state index in [1.165, 1.54) is 30.3 Å². The molecule has 2 aliphatic rings. The van der Waals surface area contributed by atoms with Gasteiger partial charge in [0.05, 0.1) is 19.3 Å². The predicted octanol–water partition coefficient (Wildman–Crippen LogP) is -0.340. The van der Waals surface area contributed by atoms with Crippen molar-refractivity contribution in [2.24, 2.45) is 0 Å². The third-order valence-electron chi connectivity index (χ3n) is 5.34. The number of aliphatic hydroxyl groups is 4. The van der Waals surface area contributed by atoms with Gasteiger partial charge in [0.2, 0.25) is 6.29 Å². The van der Waals surface area contributed by atoms with Crippen molar-refractivity contribution in [1.82, 2.24) is 0 Å². The highest BCUT2D eigenvalue weighted by Crippen LogP contribution is 2.43. The topological polar surface area (TPSA) is 169 Å². The minimum absolute atomic E-state index is 0.0561. The van der Waals surface area contributed by atoms with Crippen molar-refractivity contribution in [2.45, 2.75) is 36.6 Å². The zero-order chi connectivity index (χ0) is 21.6. The van der Waals surface area contributed by atoms with Gasteiger partial charge >= 0.3 is 0 Å². The number of aliphatic hydroxyl groups excluding tert-OH is 3. The summed E-state index contributed by atoms with van der Waals surface area (Å²) in [6.07, 6.45) is -4.65. The number of phenols is 3. The van der Waals surface area contributed by atoms with E-state index in [1.807, 2.05) is 0 Å². The molecule has 1 unspecified atom stereocenters. The highest BCUT2D eigenvalue weighted by Gasteiger charge is 2.49. The first kappa shape index (κ1) is 20.5. The van der Waals surface area contributed by atoms with Crippen LogP contribution in [0.4, 0.5) is 0 Å². The zero-order valence-electron chi connectivity index (χ0n) is 15.7. The minimum atomic E-state index is -1.85. The lowest BCUT2D eigenvalue weighted by molar-refractivity contribution is -0.115. The van der Waals surface area contributed by atoms with Gasteiger partial charge in [0, 0.05) is 24.1 Å². The van der Waals surface area contributed by atoms with Crippen LogP contribution >= 0.6 is 0 Å². The van der Waals surface area contributed by atoms with Gasteiger partial charge in [-0.2, -0.15) is 0 Å². The molecule has 0 amide bonds. The third-order valence-corrected chi connectivity index (χ3v) is 5.34. The maximum absolute atomic E-state index is 10.5. The van der Waals surface area contributed by atoms with E-state index in [0.717, 1.165) is 0 Å². The third kappa shape index (κ3) is 3.48. The van der Waals surface area contributed by atoms with Crippen LogP contribution in [-0.2, 0) is 11.2 Å². The number of ether oxygens (including phenoxy) is 3. The van der Waals surface area contributed by atoms with Crippen molar-refractivity contribution in [3.05, 3.63) is 41.5 Å². The molecule has 2 aliphatic heterocycles. The summed E-state index contributed by atoms with van der Waals surface area (Å²) in [5, 5.41) is 69.4. The van der Waals surface area contributed by atoms with Gasteiger partial charge in [-0.15, -0.1) is 0 Å². The Morgan fingerprint density at radius 3 is 2.47 bits per heavy atom. The van der Waals surface area contributed by atoms with Crippen molar-refractivity contribution >= 4 is 0 Å². The number of rotatable bonds is 4. The lowest BCUT2D eigenvalue weighted by Crippen LogP contribution is -2.48. The van der Waals surface area contributed by atoms with Crippen LogP contribution in [0.2, 0.25) is 0 Å². The summed E-state index contributed by atoms with van der Waals surface area (Å²) in [5.41, 5.74) is -1.10. The molecule has 0 bridgehead atoms. The van der Waals surface area contributed by atoms with Gasteiger partial charge in [0.15, 0.2) is 11.5 Å². The Morgan fingerprint density at radius 1 is 1.03 bits per heavy atom. The Hall–Kier alpha value is -2.76. The lowest BCUT2D eigenvalue weighted by atomic mass is 9.94. The highest BCUT2D eigenvalue weighted by molar-refractivity contribution is 5.52. The van der Waals surface area contributed by atoms with Crippen LogP contribution < -0.4 is 9.47 Å². The van der Waals surface area contributed by atoms with E-state index in [-0.39, 0.29) is 41.8 Å². The Labute approximate surface area is 170 Å². The van der Waals surface area contributed by atoms with Crippen molar-refractivity contribution < 1.29 is 50.0 Å². The molecular weight excluding hydrogens is 400 g/mol. The molecule has 2 aromatic rings. The number of benzene rings is 2. The van der Waals surface area contributed by atoms with Crippen LogP contribution in [-0.4, -0.2) is 73.1 Å². The standard InChI is InChI=1S/C20H22O10/c21-7-20(27)8-28-19(18(20)26)29-10-4-13(23)11-6-15(25)17(30-16(11)5-10)9-1-2-12(22)14(24)3-9/h1-5,15,17-19,21-27H,6-8H2/t15-,17+,18-,19?,20+/m0/s1. The second kappa shape index (κ2) is 7.49. The summed E-state index contributed by atoms with van der Waals surface area (Å²) in [4.78, 5) is 0. The van der Waals surface area contributed by atoms with E-state index in [0.29, 0.717) is 11.1 Å². The van der Waals surface area contributed by atoms with E-state index < -0.39 is 36.8 Å². The Bertz CT molecular complexity index is 947. The summed E-state index contributed by atoms with van der Waals surface area (Å²) in [5.74, 6) is -0.606. The largest absolute Gasteiger partial charge is 0.507 e. The quantitative estimate of drug-likeness (QED) is 0.324. The molecule has 30 heavy (non-hydrogen) atoms. The van der Waals surface area contributed by atoms with Crippen LogP contribution in [0, 0.1) is 0 Å². The van der Waals surface area contributed by atoms with E-state index >= 15 is 0 Å². The molecular formula is C20H22O10. The zero-order valence-corrected chi connectivity index (χ0v) is 15.7. The van der Waals surface area contributed by atoms with Crippen LogP contribution in [0.5, 0.6) is 28.7 Å². The van der Waals surface area contributed by atoms with Crippen LogP contribution in [0.25, 0.3) is 0 Å². The highest BCUT2D eigenvalue weighted by atomic mass is 16.7. The molecule has 162 valence electrons. The van der Waals surface area contributed by atoms with Crippen molar-refractivity contribution in [3.8, 4) is 28.7 Å². The van der Waals surface area contributed by atoms with Gasteiger partial charge in [0.1, 0.15) is 35.1 Å². The second-order valence-electron chi connectivity index (χ2n) is 7.48. The molecule has 0 saturated carbocycles. The van der Waals surface area contributed by atoms with Gasteiger partial charge in [-0.25, -0.2) is 0 Å². The number of aromatic hydroxyl groups is 3. The fourth-order valence-corrected chi connectivity index (χ4v) is 3.55. The Kier molecular flexibility index (Phi) is 5.12. The number of fused-ring (bicyclic) bond motifs is 1. The summed E-state index contributed by atoms with van der Waals surface area (Å²) >= 11 is 0. The first-order valence-corrected chi connectivity index (χ1v) is 9.24. The first-order valence-electron chi connectivity index (χ1n) is 9.24. The lowest BCUT2D eigenvalue weighted by Gasteiger charge is -2.32. The summed E-state index contributed by atoms with van der Waals surface area (Å²) in [7, 11) is 0. The van der Waals surface area contributed by atoms with Gasteiger partial charge < -0.3 is 50.0 Å². The van der Waals surface area contributed by atoms with E-state index in [4.69, 9.17) is 14.2 Å².